The van der Waals surface area contributed by atoms with Crippen molar-refractivity contribution < 1.29 is 9.18 Å². The Morgan fingerprint density at radius 3 is 2.92 bits per heavy atom. The van der Waals surface area contributed by atoms with E-state index in [1.807, 2.05) is 10.6 Å². The summed E-state index contributed by atoms with van der Waals surface area (Å²) in [6, 6.07) is 4.85. The second-order valence-corrected chi connectivity index (χ2v) is 7.24. The van der Waals surface area contributed by atoms with Crippen LogP contribution in [0.15, 0.2) is 40.4 Å². The first-order valence-electron chi connectivity index (χ1n) is 8.30. The molecule has 4 rings (SSSR count). The third-order valence-corrected chi connectivity index (χ3v) is 6.18. The van der Waals surface area contributed by atoms with Crippen molar-refractivity contribution in [1.82, 2.24) is 9.55 Å². The fraction of sp³-hybridized carbons (Fsp3) is 0.368. The Hall–Kier alpha value is -1.50. The van der Waals surface area contributed by atoms with Crippen molar-refractivity contribution in [3.05, 3.63) is 51.8 Å². The number of imidazole rings is 1. The first kappa shape index (κ1) is 16.0. The Bertz CT molecular complexity index is 817. The minimum atomic E-state index is -0.257. The molecule has 24 heavy (non-hydrogen) atoms. The molecule has 1 aromatic carbocycles. The van der Waals surface area contributed by atoms with E-state index in [9.17, 15) is 9.18 Å². The van der Waals surface area contributed by atoms with Crippen LogP contribution < -0.4 is 0 Å². The molecule has 1 unspecified atom stereocenters. The lowest BCUT2D eigenvalue weighted by Gasteiger charge is -2.24. The van der Waals surface area contributed by atoms with Crippen molar-refractivity contribution in [2.75, 3.05) is 0 Å². The molecule has 2 aliphatic rings. The van der Waals surface area contributed by atoms with Gasteiger partial charge in [-0.05, 0) is 35.8 Å². The minimum Gasteiger partial charge on any atom is -0.322 e. The normalized spacial score (nSPS) is 22.2. The maximum Gasteiger partial charge on any atom is 0.138 e. The Labute approximate surface area is 154 Å². The number of aromatic nitrogens is 2. The Kier molecular flexibility index (Phi) is 4.28. The number of hydrogen-bond acceptors (Lipinski definition) is 2. The topological polar surface area (TPSA) is 34.9 Å². The number of carbonyl (C=O) groups excluding carboxylic acids is 1. The zero-order valence-corrected chi connectivity index (χ0v) is 15.4. The molecule has 1 aliphatic carbocycles. The highest BCUT2D eigenvalue weighted by molar-refractivity contribution is 14.1. The second kappa shape index (κ2) is 6.43. The summed E-state index contributed by atoms with van der Waals surface area (Å²) >= 11 is 2.28. The lowest BCUT2D eigenvalue weighted by atomic mass is 9.81. The quantitative estimate of drug-likeness (QED) is 0.631. The highest BCUT2D eigenvalue weighted by Crippen LogP contribution is 2.43. The van der Waals surface area contributed by atoms with Crippen LogP contribution in [0, 0.1) is 11.7 Å². The van der Waals surface area contributed by atoms with E-state index in [1.54, 1.807) is 18.6 Å². The van der Waals surface area contributed by atoms with Crippen LogP contribution in [0.4, 0.5) is 4.39 Å². The van der Waals surface area contributed by atoms with E-state index in [-0.39, 0.29) is 23.6 Å². The van der Waals surface area contributed by atoms with Crippen LogP contribution in [0.5, 0.6) is 0 Å². The van der Waals surface area contributed by atoms with Gasteiger partial charge in [0.2, 0.25) is 0 Å². The van der Waals surface area contributed by atoms with E-state index in [0.29, 0.717) is 12.0 Å². The molecular weight excluding hydrogens is 418 g/mol. The number of carbonyl (C=O) groups is 1. The molecule has 2 heterocycles. The van der Waals surface area contributed by atoms with Gasteiger partial charge in [0.25, 0.3) is 0 Å². The molecule has 0 N–H and O–H groups in total. The van der Waals surface area contributed by atoms with Crippen molar-refractivity contribution in [2.24, 2.45) is 5.92 Å². The largest absolute Gasteiger partial charge is 0.322 e. The lowest BCUT2D eigenvalue weighted by molar-refractivity contribution is -0.124. The fourth-order valence-corrected chi connectivity index (χ4v) is 4.60. The lowest BCUT2D eigenvalue weighted by Crippen LogP contribution is -2.22. The minimum absolute atomic E-state index is 0.105. The third-order valence-electron chi connectivity index (χ3n) is 5.30. The van der Waals surface area contributed by atoms with Gasteiger partial charge in [0, 0.05) is 23.5 Å². The number of fused-ring (bicyclic) bond motifs is 3. The van der Waals surface area contributed by atoms with Crippen LogP contribution in [0.1, 0.15) is 43.7 Å². The predicted molar refractivity (Wildman–Crippen MR) is 99.4 cm³/mol. The van der Waals surface area contributed by atoms with E-state index in [4.69, 9.17) is 0 Å². The molecule has 0 saturated heterocycles. The summed E-state index contributed by atoms with van der Waals surface area (Å²) < 4.78 is 18.5. The predicted octanol–water partition coefficient (Wildman–Crippen LogP) is 5.06. The maximum absolute atomic E-state index is 14.4. The van der Waals surface area contributed by atoms with Crippen molar-refractivity contribution >= 4 is 28.4 Å². The molecule has 1 atom stereocenters. The van der Waals surface area contributed by atoms with Crippen LogP contribution in [0.25, 0.3) is 11.3 Å². The zero-order valence-electron chi connectivity index (χ0n) is 13.2. The van der Waals surface area contributed by atoms with E-state index < -0.39 is 0 Å². The van der Waals surface area contributed by atoms with E-state index in [2.05, 4.69) is 31.7 Å². The molecule has 1 aromatic heterocycles. The van der Waals surface area contributed by atoms with Gasteiger partial charge in [0.15, 0.2) is 0 Å². The maximum atomic E-state index is 14.4. The molecular formula is C19H18FIN2O. The van der Waals surface area contributed by atoms with Crippen molar-refractivity contribution in [3.8, 4) is 11.3 Å². The molecule has 124 valence electrons. The highest BCUT2D eigenvalue weighted by atomic mass is 127. The first-order chi connectivity index (χ1) is 11.7. The zero-order chi connectivity index (χ0) is 16.7. The number of ketones is 1. The number of rotatable bonds is 3. The van der Waals surface area contributed by atoms with Gasteiger partial charge in [-0.3, -0.25) is 4.79 Å². The molecule has 1 aliphatic heterocycles. The highest BCUT2D eigenvalue weighted by Gasteiger charge is 2.34. The summed E-state index contributed by atoms with van der Waals surface area (Å²) in [7, 11) is 0. The van der Waals surface area contributed by atoms with Gasteiger partial charge >= 0.3 is 0 Å². The van der Waals surface area contributed by atoms with Crippen LogP contribution >= 0.6 is 22.6 Å². The summed E-state index contributed by atoms with van der Waals surface area (Å²) in [5.74, 6) is 0.129. The van der Waals surface area contributed by atoms with E-state index in [1.165, 1.54) is 11.6 Å². The van der Waals surface area contributed by atoms with Gasteiger partial charge in [-0.15, -0.1) is 0 Å². The number of allylic oxidation sites excluding steroid dienone is 1. The number of nitrogens with zero attached hydrogens (tertiary/aromatic N) is 2. The average Bonchev–Trinajstić information content (AvgIpc) is 3.18. The number of hydrogen-bond donors (Lipinski definition) is 0. The average molecular weight is 436 g/mol. The Balaban J connectivity index is 1.58. The molecule has 1 fully saturated rings. The molecule has 1 saturated carbocycles. The molecule has 0 amide bonds. The summed E-state index contributed by atoms with van der Waals surface area (Å²) in [5.41, 5.74) is 3.85. The van der Waals surface area contributed by atoms with Gasteiger partial charge in [0.05, 0.1) is 24.3 Å². The summed E-state index contributed by atoms with van der Waals surface area (Å²) in [4.78, 5) is 17.0. The summed E-state index contributed by atoms with van der Waals surface area (Å²) in [6.45, 7) is 0. The van der Waals surface area contributed by atoms with Gasteiger partial charge in [-0.1, -0.05) is 40.3 Å². The molecule has 2 aromatic rings. The van der Waals surface area contributed by atoms with Crippen LogP contribution in [0.3, 0.4) is 0 Å². The van der Waals surface area contributed by atoms with Gasteiger partial charge < -0.3 is 4.57 Å². The van der Waals surface area contributed by atoms with Crippen molar-refractivity contribution in [1.29, 1.82) is 0 Å². The van der Waals surface area contributed by atoms with Gasteiger partial charge in [0.1, 0.15) is 11.6 Å². The second-order valence-electron chi connectivity index (χ2n) is 6.62. The Morgan fingerprint density at radius 2 is 2.17 bits per heavy atom. The SMILES string of the molecule is O=C(CC1c2c(F)cccc2-c2cncn21)C1CCC(=CI)CC1. The molecule has 0 radical (unpaired) electrons. The van der Waals surface area contributed by atoms with Crippen molar-refractivity contribution in [2.45, 2.75) is 38.1 Å². The first-order valence-corrected chi connectivity index (χ1v) is 9.55. The van der Waals surface area contributed by atoms with E-state index >= 15 is 0 Å². The number of Topliss-reactive ketones (excluding diaryl/α,β-unsaturated/α-hetero) is 1. The molecule has 0 spiro atoms. The van der Waals surface area contributed by atoms with Gasteiger partial charge in [-0.2, -0.15) is 0 Å². The molecule has 5 heteroatoms. The summed E-state index contributed by atoms with van der Waals surface area (Å²) in [5, 5.41) is 0. The molecule has 3 nitrogen and oxygen atoms in total. The van der Waals surface area contributed by atoms with Gasteiger partial charge in [-0.25, -0.2) is 9.37 Å². The third kappa shape index (κ3) is 2.62. The fourth-order valence-electron chi connectivity index (χ4n) is 3.98. The smallest absolute Gasteiger partial charge is 0.138 e. The number of halogens is 2. The number of benzene rings is 1. The summed E-state index contributed by atoms with van der Waals surface area (Å²) in [6.07, 6.45) is 7.66. The van der Waals surface area contributed by atoms with E-state index in [0.717, 1.165) is 36.9 Å². The standard InChI is InChI=1S/C19H18FIN2O/c20-15-3-1-2-14-17-10-22-11-23(17)16(19(14)15)8-18(24)13-6-4-12(9-21)5-7-13/h1-3,9-11,13,16H,4-8H2. The monoisotopic (exact) mass is 436 g/mol. The van der Waals surface area contributed by atoms with Crippen molar-refractivity contribution in [3.63, 3.8) is 0 Å². The molecule has 0 bridgehead atoms. The van der Waals surface area contributed by atoms with Crippen LogP contribution in [-0.2, 0) is 4.79 Å². The van der Waals surface area contributed by atoms with Crippen LogP contribution in [-0.4, -0.2) is 15.3 Å². The van der Waals surface area contributed by atoms with Crippen LogP contribution in [0.2, 0.25) is 0 Å². The Morgan fingerprint density at radius 1 is 1.38 bits per heavy atom.